The van der Waals surface area contributed by atoms with Crippen LogP contribution in [0.3, 0.4) is 0 Å². The SMILES string of the molecule is C[C@H](NC(=O)CC[C@H](N)C(=O)OCCOC(=O)[C@@H](N)CCCCN)C(=O)NCC(=O)OCCOC(=O)[C@@H](N)CCCCN. The Morgan fingerprint density at radius 2 is 1.05 bits per heavy atom. The molecule has 4 atom stereocenters. The van der Waals surface area contributed by atoms with Crippen LogP contribution < -0.4 is 39.3 Å². The number of ether oxygens (including phenoxy) is 4. The lowest BCUT2D eigenvalue weighted by Crippen LogP contribution is -2.46. The fraction of sp³-hybridized carbons (Fsp3) is 0.769. The highest BCUT2D eigenvalue weighted by Crippen LogP contribution is 2.02. The van der Waals surface area contributed by atoms with E-state index in [1.807, 2.05) is 0 Å². The largest absolute Gasteiger partial charge is 0.461 e. The van der Waals surface area contributed by atoms with Gasteiger partial charge in [-0.3, -0.25) is 28.8 Å². The number of nitrogens with two attached hydrogens (primary N) is 5. The molecular formula is C26H49N7O10. The second kappa shape index (κ2) is 24.1. The second-order valence-corrected chi connectivity index (χ2v) is 9.66. The Morgan fingerprint density at radius 1 is 0.628 bits per heavy atom. The first-order valence-electron chi connectivity index (χ1n) is 14.3. The topological polar surface area (TPSA) is 293 Å². The fourth-order valence-corrected chi connectivity index (χ4v) is 3.30. The normalized spacial score (nSPS) is 13.5. The van der Waals surface area contributed by atoms with E-state index in [4.69, 9.17) is 47.6 Å². The van der Waals surface area contributed by atoms with Gasteiger partial charge in [-0.05, 0) is 52.1 Å². The quantitative estimate of drug-likeness (QED) is 0.0318. The van der Waals surface area contributed by atoms with Gasteiger partial charge in [0.25, 0.3) is 0 Å². The molecule has 0 unspecified atom stereocenters. The van der Waals surface area contributed by atoms with Crippen LogP contribution in [-0.2, 0) is 47.7 Å². The third kappa shape index (κ3) is 20.2. The summed E-state index contributed by atoms with van der Waals surface area (Å²) in [5.41, 5.74) is 27.9. The zero-order chi connectivity index (χ0) is 32.6. The van der Waals surface area contributed by atoms with Crippen molar-refractivity contribution < 1.29 is 47.7 Å². The van der Waals surface area contributed by atoms with Gasteiger partial charge in [-0.2, -0.15) is 0 Å². The summed E-state index contributed by atoms with van der Waals surface area (Å²) >= 11 is 0. The van der Waals surface area contributed by atoms with E-state index in [9.17, 15) is 28.8 Å². The molecule has 17 heteroatoms. The van der Waals surface area contributed by atoms with E-state index >= 15 is 0 Å². The van der Waals surface area contributed by atoms with Crippen molar-refractivity contribution in [2.75, 3.05) is 46.1 Å². The van der Waals surface area contributed by atoms with Crippen LogP contribution in [-0.4, -0.2) is 106 Å². The third-order valence-electron chi connectivity index (χ3n) is 5.87. The van der Waals surface area contributed by atoms with Crippen molar-refractivity contribution in [3.8, 4) is 0 Å². The zero-order valence-corrected chi connectivity index (χ0v) is 24.9. The van der Waals surface area contributed by atoms with Gasteiger partial charge in [0, 0.05) is 6.42 Å². The Labute approximate surface area is 251 Å². The van der Waals surface area contributed by atoms with E-state index in [1.54, 1.807) is 0 Å². The van der Waals surface area contributed by atoms with Gasteiger partial charge in [0.15, 0.2) is 0 Å². The molecule has 0 spiro atoms. The Balaban J connectivity index is 4.08. The smallest absolute Gasteiger partial charge is 0.325 e. The fourth-order valence-electron chi connectivity index (χ4n) is 3.30. The first-order valence-corrected chi connectivity index (χ1v) is 14.3. The molecule has 0 radical (unpaired) electrons. The van der Waals surface area contributed by atoms with Crippen LogP contribution in [0, 0.1) is 0 Å². The highest BCUT2D eigenvalue weighted by molar-refractivity contribution is 5.89. The molecule has 0 rings (SSSR count). The molecular weight excluding hydrogens is 570 g/mol. The lowest BCUT2D eigenvalue weighted by Gasteiger charge is -2.15. The molecule has 0 bridgehead atoms. The second-order valence-electron chi connectivity index (χ2n) is 9.66. The number of carbonyl (C=O) groups excluding carboxylic acids is 6. The summed E-state index contributed by atoms with van der Waals surface area (Å²) in [5.74, 6) is -4.01. The number of amides is 2. The van der Waals surface area contributed by atoms with Crippen LogP contribution in [0.15, 0.2) is 0 Å². The maximum absolute atomic E-state index is 12.2. The number of nitrogens with one attached hydrogen (secondary N) is 2. The molecule has 0 aliphatic rings. The maximum Gasteiger partial charge on any atom is 0.325 e. The van der Waals surface area contributed by atoms with Crippen molar-refractivity contribution in [2.45, 2.75) is 82.5 Å². The van der Waals surface area contributed by atoms with Gasteiger partial charge in [0.05, 0.1) is 0 Å². The molecule has 0 aliphatic heterocycles. The number of carbonyl (C=O) groups is 6. The first-order chi connectivity index (χ1) is 20.4. The lowest BCUT2D eigenvalue weighted by atomic mass is 10.1. The van der Waals surface area contributed by atoms with Gasteiger partial charge in [-0.1, -0.05) is 12.8 Å². The van der Waals surface area contributed by atoms with Crippen LogP contribution >= 0.6 is 0 Å². The van der Waals surface area contributed by atoms with Crippen molar-refractivity contribution in [2.24, 2.45) is 28.7 Å². The third-order valence-corrected chi connectivity index (χ3v) is 5.87. The Bertz CT molecular complexity index is 877. The average molecular weight is 620 g/mol. The molecule has 43 heavy (non-hydrogen) atoms. The highest BCUT2D eigenvalue weighted by Gasteiger charge is 2.21. The van der Waals surface area contributed by atoms with Crippen molar-refractivity contribution >= 4 is 35.7 Å². The predicted octanol–water partition coefficient (Wildman–Crippen LogP) is -3.20. The average Bonchev–Trinajstić information content (AvgIpc) is 2.98. The molecule has 12 N–H and O–H groups in total. The number of hydrogen-bond acceptors (Lipinski definition) is 15. The van der Waals surface area contributed by atoms with E-state index in [1.165, 1.54) is 6.92 Å². The molecule has 0 saturated heterocycles. The Kier molecular flexibility index (Phi) is 22.2. The predicted molar refractivity (Wildman–Crippen MR) is 153 cm³/mol. The van der Waals surface area contributed by atoms with Crippen LogP contribution in [0.5, 0.6) is 0 Å². The number of unbranched alkanes of at least 4 members (excludes halogenated alkanes) is 2. The van der Waals surface area contributed by atoms with Crippen LogP contribution in [0.25, 0.3) is 0 Å². The van der Waals surface area contributed by atoms with Crippen LogP contribution in [0.1, 0.15) is 58.3 Å². The zero-order valence-electron chi connectivity index (χ0n) is 24.9. The molecule has 0 aliphatic carbocycles. The summed E-state index contributed by atoms with van der Waals surface area (Å²) in [4.78, 5) is 71.6. The minimum Gasteiger partial charge on any atom is -0.461 e. The van der Waals surface area contributed by atoms with Gasteiger partial charge in [0.2, 0.25) is 11.8 Å². The summed E-state index contributed by atoms with van der Waals surface area (Å²) < 4.78 is 19.7. The molecule has 0 saturated carbocycles. The summed E-state index contributed by atoms with van der Waals surface area (Å²) in [7, 11) is 0. The summed E-state index contributed by atoms with van der Waals surface area (Å²) in [5, 5.41) is 4.73. The lowest BCUT2D eigenvalue weighted by molar-refractivity contribution is -0.154. The minimum absolute atomic E-state index is 0.0691. The molecule has 0 fully saturated rings. The van der Waals surface area contributed by atoms with Crippen LogP contribution in [0.2, 0.25) is 0 Å². The van der Waals surface area contributed by atoms with E-state index in [0.717, 1.165) is 12.8 Å². The Morgan fingerprint density at radius 3 is 1.49 bits per heavy atom. The van der Waals surface area contributed by atoms with Gasteiger partial charge < -0.3 is 58.2 Å². The Hall–Kier alpha value is -3.38. The summed E-state index contributed by atoms with van der Waals surface area (Å²) in [6, 6.07) is -3.69. The van der Waals surface area contributed by atoms with Crippen molar-refractivity contribution in [3.05, 3.63) is 0 Å². The maximum atomic E-state index is 12.2. The molecule has 2 amide bonds. The first kappa shape index (κ1) is 39.6. The molecule has 0 aromatic heterocycles. The van der Waals surface area contributed by atoms with Gasteiger partial charge >= 0.3 is 23.9 Å². The molecule has 0 aromatic rings. The van der Waals surface area contributed by atoms with Crippen molar-refractivity contribution in [3.63, 3.8) is 0 Å². The molecule has 248 valence electrons. The highest BCUT2D eigenvalue weighted by atomic mass is 16.6. The van der Waals surface area contributed by atoms with Crippen molar-refractivity contribution in [1.29, 1.82) is 0 Å². The monoisotopic (exact) mass is 619 g/mol. The van der Waals surface area contributed by atoms with Gasteiger partial charge in [0.1, 0.15) is 57.1 Å². The molecule has 0 aromatic carbocycles. The number of hydrogen-bond donors (Lipinski definition) is 7. The number of esters is 4. The van der Waals surface area contributed by atoms with E-state index in [2.05, 4.69) is 10.6 Å². The standard InChI is InChI=1S/C26H49N7O10/c1-17(23(36)32-16-22(35)40-12-13-41-24(37)18(29)6-2-4-10-27)33-21(34)9-8-20(31)26(39)43-15-14-42-25(38)19(30)7-3-5-11-28/h17-20H,2-16,27-31H2,1H3,(H,32,36)(H,33,34)/t17-,18-,19-,20-/m0/s1. The van der Waals surface area contributed by atoms with Gasteiger partial charge in [-0.25, -0.2) is 0 Å². The van der Waals surface area contributed by atoms with Crippen LogP contribution in [0.4, 0.5) is 0 Å². The summed E-state index contributed by atoms with van der Waals surface area (Å²) in [6.07, 6.45) is 3.49. The molecule has 0 heterocycles. The number of rotatable bonds is 24. The molecule has 17 nitrogen and oxygen atoms in total. The van der Waals surface area contributed by atoms with Gasteiger partial charge in [-0.15, -0.1) is 0 Å². The van der Waals surface area contributed by atoms with Crippen molar-refractivity contribution in [1.82, 2.24) is 10.6 Å². The minimum atomic E-state index is -1.12. The van der Waals surface area contributed by atoms with E-state index in [-0.39, 0.29) is 39.3 Å². The summed E-state index contributed by atoms with van der Waals surface area (Å²) in [6.45, 7) is 1.10. The van der Waals surface area contributed by atoms with E-state index < -0.39 is 66.4 Å². The van der Waals surface area contributed by atoms with E-state index in [0.29, 0.717) is 38.8 Å².